The van der Waals surface area contributed by atoms with E-state index in [1.807, 2.05) is 24.3 Å². The Morgan fingerprint density at radius 2 is 1.62 bits per heavy atom. The van der Waals surface area contributed by atoms with Crippen molar-refractivity contribution in [2.24, 2.45) is 0 Å². The molecule has 2 aliphatic heterocycles. The molecule has 2 bridgehead atoms. The molecule has 6 rings (SSSR count). The molecule has 3 aliphatic rings. The van der Waals surface area contributed by atoms with Gasteiger partial charge in [0.2, 0.25) is 0 Å². The summed E-state index contributed by atoms with van der Waals surface area (Å²) in [5.41, 5.74) is 2.95. The summed E-state index contributed by atoms with van der Waals surface area (Å²) in [7, 11) is -3.71. The molecule has 300 valence electrons. The Balaban J connectivity index is 1.28. The van der Waals surface area contributed by atoms with Crippen molar-refractivity contribution in [3.05, 3.63) is 114 Å². The molecule has 1 aliphatic carbocycles. The van der Waals surface area contributed by atoms with Gasteiger partial charge in [-0.3, -0.25) is 9.69 Å². The Bertz CT molecular complexity index is 2120. The molecule has 2 amide bonds. The third-order valence-electron chi connectivity index (χ3n) is 9.87. The summed E-state index contributed by atoms with van der Waals surface area (Å²) in [6.45, 7) is -0.103. The fourth-order valence-corrected chi connectivity index (χ4v) is 9.46. The molecule has 2 unspecified atom stereocenters. The van der Waals surface area contributed by atoms with E-state index in [1.165, 1.54) is 4.90 Å². The van der Waals surface area contributed by atoms with E-state index >= 15 is 0 Å². The first-order valence-corrected chi connectivity index (χ1v) is 20.9. The van der Waals surface area contributed by atoms with Crippen LogP contribution in [-0.4, -0.2) is 84.8 Å². The highest BCUT2D eigenvalue weighted by Crippen LogP contribution is 2.42. The van der Waals surface area contributed by atoms with Crippen molar-refractivity contribution in [2.45, 2.75) is 69.6 Å². The summed E-state index contributed by atoms with van der Waals surface area (Å²) in [6.07, 6.45) is 2.17. The SMILES string of the molecule is O=C(C1=C(c2ccc(CCCOc3c(F)ccc(F)c3Cl)cc2)CC2CS(=O)(=O)CC1N2C(=O)OCCCCO[N+](=O)[O-])N(Cc1cccc(Cl)c1Cl)C1CC1. The molecule has 2 atom stereocenters. The lowest BCUT2D eigenvalue weighted by molar-refractivity contribution is -0.757. The molecule has 2 fully saturated rings. The number of rotatable bonds is 16. The predicted molar refractivity (Wildman–Crippen MR) is 205 cm³/mol. The third kappa shape index (κ3) is 9.85. The first-order chi connectivity index (χ1) is 26.7. The van der Waals surface area contributed by atoms with Gasteiger partial charge in [0.15, 0.2) is 21.4 Å². The second-order valence-corrected chi connectivity index (χ2v) is 17.1. The van der Waals surface area contributed by atoms with Crippen molar-refractivity contribution in [3.63, 3.8) is 0 Å². The number of nitrogens with zero attached hydrogens (tertiary/aromatic N) is 3. The maximum atomic E-state index is 14.9. The summed E-state index contributed by atoms with van der Waals surface area (Å²) < 4.78 is 65.6. The zero-order chi connectivity index (χ0) is 40.1. The van der Waals surface area contributed by atoms with Crippen LogP contribution < -0.4 is 4.74 Å². The number of carbonyl (C=O) groups is 2. The lowest BCUT2D eigenvalue weighted by Crippen LogP contribution is -2.61. The number of fused-ring (bicyclic) bond motifs is 2. The monoisotopic (exact) mass is 855 g/mol. The zero-order valence-corrected chi connectivity index (χ0v) is 33.0. The molecule has 18 heteroatoms. The molecule has 3 aromatic carbocycles. The van der Waals surface area contributed by atoms with Crippen molar-refractivity contribution in [1.29, 1.82) is 0 Å². The highest BCUT2D eigenvalue weighted by Gasteiger charge is 2.51. The molecule has 1 saturated carbocycles. The molecule has 3 aromatic rings. The van der Waals surface area contributed by atoms with E-state index in [2.05, 4.69) is 4.84 Å². The standard InChI is InChI=1S/C38H38Cl3F2N3O9S/c39-29-7-3-6-25(34(29)40)20-44(26-12-13-26)37(47)33-28(24-10-8-23(9-11-24)5-4-17-53-36-31(43)15-14-30(42)35(36)41)19-27-21-56(51,52)22-32(33)45(27)38(48)54-16-1-2-18-55-46(49)50/h3,6-11,14-15,26-27,32H,1-2,4-5,12-13,16-22H2. The molecular weight excluding hydrogens is 819 g/mol. The number of aryl methyl sites for hydroxylation is 1. The van der Waals surface area contributed by atoms with Crippen LogP contribution in [-0.2, 0) is 37.2 Å². The fraction of sp³-hybridized carbons (Fsp3) is 0.421. The molecule has 0 N–H and O–H groups in total. The van der Waals surface area contributed by atoms with E-state index in [1.54, 1.807) is 23.1 Å². The quantitative estimate of drug-likeness (QED) is 0.0608. The van der Waals surface area contributed by atoms with Crippen LogP contribution in [0.15, 0.2) is 60.2 Å². The number of benzene rings is 3. The van der Waals surface area contributed by atoms with Crippen molar-refractivity contribution < 1.29 is 46.2 Å². The van der Waals surface area contributed by atoms with Gasteiger partial charge in [-0.25, -0.2) is 22.0 Å². The summed E-state index contributed by atoms with van der Waals surface area (Å²) in [5, 5.41) is 9.74. The van der Waals surface area contributed by atoms with Gasteiger partial charge in [0.1, 0.15) is 10.8 Å². The third-order valence-corrected chi connectivity index (χ3v) is 12.8. The van der Waals surface area contributed by atoms with E-state index < -0.39 is 61.4 Å². The molecule has 0 aromatic heterocycles. The number of amides is 2. The van der Waals surface area contributed by atoms with Crippen LogP contribution in [0.25, 0.3) is 5.57 Å². The van der Waals surface area contributed by atoms with Crippen molar-refractivity contribution in [2.75, 3.05) is 31.3 Å². The van der Waals surface area contributed by atoms with Crippen LogP contribution in [0, 0.1) is 21.7 Å². The second kappa shape index (κ2) is 18.0. The Morgan fingerprint density at radius 1 is 0.911 bits per heavy atom. The van der Waals surface area contributed by atoms with Gasteiger partial charge < -0.3 is 19.2 Å². The molecule has 0 radical (unpaired) electrons. The van der Waals surface area contributed by atoms with E-state index in [4.69, 9.17) is 44.3 Å². The minimum Gasteiger partial charge on any atom is -0.489 e. The van der Waals surface area contributed by atoms with Gasteiger partial charge in [-0.2, -0.15) is 0 Å². The zero-order valence-electron chi connectivity index (χ0n) is 29.9. The Hall–Kier alpha value is -4.18. The number of hydrogen-bond donors (Lipinski definition) is 0. The topological polar surface area (TPSA) is 146 Å². The number of carbonyl (C=O) groups excluding carboxylic acids is 2. The molecule has 0 spiro atoms. The number of halogens is 5. The molecule has 2 heterocycles. The van der Waals surface area contributed by atoms with Crippen molar-refractivity contribution in [1.82, 2.24) is 9.80 Å². The number of sulfone groups is 1. The van der Waals surface area contributed by atoms with Crippen molar-refractivity contribution >= 4 is 62.2 Å². The van der Waals surface area contributed by atoms with Crippen LogP contribution in [0.5, 0.6) is 5.75 Å². The van der Waals surface area contributed by atoms with Crippen LogP contribution in [0.4, 0.5) is 13.6 Å². The lowest BCUT2D eigenvalue weighted by Gasteiger charge is -2.47. The smallest absolute Gasteiger partial charge is 0.410 e. The average Bonchev–Trinajstić information content (AvgIpc) is 3.99. The van der Waals surface area contributed by atoms with Gasteiger partial charge in [-0.05, 0) is 85.4 Å². The molecular formula is C38H38Cl3F2N3O9S. The van der Waals surface area contributed by atoms with E-state index in [-0.39, 0.29) is 68.7 Å². The number of ether oxygens (including phenoxy) is 2. The van der Waals surface area contributed by atoms with E-state index in [0.29, 0.717) is 39.6 Å². The maximum absolute atomic E-state index is 14.9. The molecule has 1 saturated heterocycles. The van der Waals surface area contributed by atoms with Crippen LogP contribution in [0.2, 0.25) is 15.1 Å². The van der Waals surface area contributed by atoms with Gasteiger partial charge in [-0.1, -0.05) is 71.2 Å². The van der Waals surface area contributed by atoms with Gasteiger partial charge in [0.25, 0.3) is 11.0 Å². The Morgan fingerprint density at radius 3 is 2.34 bits per heavy atom. The Labute approximate surface area is 337 Å². The van der Waals surface area contributed by atoms with Crippen molar-refractivity contribution in [3.8, 4) is 5.75 Å². The van der Waals surface area contributed by atoms with Gasteiger partial charge in [-0.15, -0.1) is 10.1 Å². The highest BCUT2D eigenvalue weighted by molar-refractivity contribution is 7.91. The molecule has 12 nitrogen and oxygen atoms in total. The fourth-order valence-electron chi connectivity index (χ4n) is 7.07. The maximum Gasteiger partial charge on any atom is 0.410 e. The van der Waals surface area contributed by atoms with Crippen LogP contribution in [0.3, 0.4) is 0 Å². The average molecular weight is 857 g/mol. The lowest BCUT2D eigenvalue weighted by atomic mass is 9.84. The first-order valence-electron chi connectivity index (χ1n) is 18.0. The van der Waals surface area contributed by atoms with Gasteiger partial charge >= 0.3 is 6.09 Å². The van der Waals surface area contributed by atoms with Gasteiger partial charge in [0, 0.05) is 18.2 Å². The summed E-state index contributed by atoms with van der Waals surface area (Å²) >= 11 is 18.7. The summed E-state index contributed by atoms with van der Waals surface area (Å²) in [4.78, 5) is 46.4. The molecule has 56 heavy (non-hydrogen) atoms. The van der Waals surface area contributed by atoms with Crippen LogP contribution in [0.1, 0.15) is 55.2 Å². The van der Waals surface area contributed by atoms with Crippen LogP contribution >= 0.6 is 34.8 Å². The summed E-state index contributed by atoms with van der Waals surface area (Å²) in [5.74, 6) is -3.18. The normalized spacial score (nSPS) is 18.7. The Kier molecular flexibility index (Phi) is 13.3. The highest BCUT2D eigenvalue weighted by atomic mass is 35.5. The van der Waals surface area contributed by atoms with E-state index in [0.717, 1.165) is 30.5 Å². The number of unbranched alkanes of at least 4 members (excludes halogenated alkanes) is 1. The number of hydrogen-bond acceptors (Lipinski definition) is 9. The predicted octanol–water partition coefficient (Wildman–Crippen LogP) is 7.88. The summed E-state index contributed by atoms with van der Waals surface area (Å²) in [6, 6.07) is 12.2. The minimum atomic E-state index is -3.71. The largest absolute Gasteiger partial charge is 0.489 e. The van der Waals surface area contributed by atoms with Gasteiger partial charge in [0.05, 0.1) is 53.5 Å². The first kappa shape index (κ1) is 41.5. The second-order valence-electron chi connectivity index (χ2n) is 13.8. The minimum absolute atomic E-state index is 0.0478. The van der Waals surface area contributed by atoms with E-state index in [9.17, 15) is 36.9 Å².